The number of carbonyl (C=O) groups is 1. The summed E-state index contributed by atoms with van der Waals surface area (Å²) >= 11 is 0. The van der Waals surface area contributed by atoms with E-state index >= 15 is 0 Å². The maximum absolute atomic E-state index is 13.1. The van der Waals surface area contributed by atoms with Gasteiger partial charge in [-0.15, -0.1) is 0 Å². The van der Waals surface area contributed by atoms with E-state index in [1.54, 1.807) is 19.9 Å². The van der Waals surface area contributed by atoms with Crippen molar-refractivity contribution < 1.29 is 18.8 Å². The molecule has 3 aromatic heterocycles. The Hall–Kier alpha value is -3.45. The highest BCUT2D eigenvalue weighted by Crippen LogP contribution is 2.32. The van der Waals surface area contributed by atoms with Crippen molar-refractivity contribution >= 4 is 16.9 Å². The number of rotatable bonds is 9. The van der Waals surface area contributed by atoms with E-state index in [9.17, 15) is 9.90 Å². The lowest BCUT2D eigenvalue weighted by atomic mass is 9.97. The highest BCUT2D eigenvalue weighted by atomic mass is 16.5. The Morgan fingerprint density at radius 3 is 2.53 bits per heavy atom. The zero-order chi connectivity index (χ0) is 26.0. The van der Waals surface area contributed by atoms with Gasteiger partial charge in [0.1, 0.15) is 23.2 Å². The van der Waals surface area contributed by atoms with E-state index in [0.29, 0.717) is 34.3 Å². The first-order valence-electron chi connectivity index (χ1n) is 12.5. The molecule has 4 aromatic rings. The Morgan fingerprint density at radius 1 is 1.08 bits per heavy atom. The molecular weight excluding hydrogens is 454 g/mol. The van der Waals surface area contributed by atoms with Crippen molar-refractivity contribution in [1.82, 2.24) is 15.5 Å². The molecule has 4 rings (SSSR count). The molecule has 2 atom stereocenters. The summed E-state index contributed by atoms with van der Waals surface area (Å²) in [7, 11) is 0. The molecule has 0 aliphatic carbocycles. The smallest absolute Gasteiger partial charge is 0.224 e. The SMILES string of the molecule is Cc1cnc([C@@H](CCC(C)C)NC(=O)Cc2ccc3oc([C@@H](O)c4c(C)noc4C)cc3c2)c(C)c1. The maximum atomic E-state index is 13.1. The number of carbonyl (C=O) groups excluding carboxylic acids is 1. The summed E-state index contributed by atoms with van der Waals surface area (Å²) in [5, 5.41) is 18.8. The Balaban J connectivity index is 1.51. The van der Waals surface area contributed by atoms with Gasteiger partial charge in [-0.05, 0) is 81.3 Å². The molecule has 0 saturated heterocycles. The fraction of sp³-hybridized carbons (Fsp3) is 0.414. The van der Waals surface area contributed by atoms with E-state index in [0.717, 1.165) is 40.6 Å². The van der Waals surface area contributed by atoms with Crippen LogP contribution in [0.5, 0.6) is 0 Å². The molecule has 0 radical (unpaired) electrons. The number of hydrogen-bond donors (Lipinski definition) is 2. The van der Waals surface area contributed by atoms with Crippen molar-refractivity contribution in [2.24, 2.45) is 5.92 Å². The van der Waals surface area contributed by atoms with Gasteiger partial charge in [0.25, 0.3) is 0 Å². The van der Waals surface area contributed by atoms with E-state index in [2.05, 4.69) is 35.4 Å². The summed E-state index contributed by atoms with van der Waals surface area (Å²) in [6.45, 7) is 12.0. The molecular formula is C29H35N3O4. The predicted octanol–water partition coefficient (Wildman–Crippen LogP) is 5.97. The summed E-state index contributed by atoms with van der Waals surface area (Å²) in [5.74, 6) is 1.46. The van der Waals surface area contributed by atoms with Crippen molar-refractivity contribution in [1.29, 1.82) is 0 Å². The van der Waals surface area contributed by atoms with E-state index in [-0.39, 0.29) is 18.4 Å². The Bertz CT molecular complexity index is 1350. The number of aryl methyl sites for hydroxylation is 4. The second-order valence-corrected chi connectivity index (χ2v) is 10.1. The summed E-state index contributed by atoms with van der Waals surface area (Å²) in [6.07, 6.45) is 2.97. The molecule has 0 unspecified atom stereocenters. The maximum Gasteiger partial charge on any atom is 0.224 e. The van der Waals surface area contributed by atoms with Crippen LogP contribution in [0.15, 0.2) is 45.5 Å². The molecule has 2 N–H and O–H groups in total. The quantitative estimate of drug-likeness (QED) is 0.300. The van der Waals surface area contributed by atoms with Gasteiger partial charge in [0.2, 0.25) is 5.91 Å². The molecule has 3 heterocycles. The third-order valence-corrected chi connectivity index (χ3v) is 6.55. The van der Waals surface area contributed by atoms with Crippen molar-refractivity contribution in [3.8, 4) is 0 Å². The standard InChI is InChI=1S/C29H35N3O4/c1-16(2)7-9-23(28-18(4)11-17(3)15-30-28)31-26(33)13-21-8-10-24-22(12-21)14-25(35-24)29(34)27-19(5)32-36-20(27)6/h8,10-12,14-16,23,29,34H,7,9,13H2,1-6H3,(H,31,33)/t23-,29-/m1/s1. The van der Waals surface area contributed by atoms with Gasteiger partial charge in [0.15, 0.2) is 0 Å². The largest absolute Gasteiger partial charge is 0.458 e. The molecule has 7 heteroatoms. The Labute approximate surface area is 211 Å². The van der Waals surface area contributed by atoms with Gasteiger partial charge in [0.05, 0.1) is 29.4 Å². The van der Waals surface area contributed by atoms with Crippen molar-refractivity contribution in [3.63, 3.8) is 0 Å². The number of nitrogens with zero attached hydrogens (tertiary/aromatic N) is 2. The average molecular weight is 490 g/mol. The van der Waals surface area contributed by atoms with Crippen molar-refractivity contribution in [3.05, 3.63) is 81.7 Å². The minimum absolute atomic E-state index is 0.0515. The van der Waals surface area contributed by atoms with E-state index < -0.39 is 6.10 Å². The number of nitrogens with one attached hydrogen (secondary N) is 1. The van der Waals surface area contributed by atoms with Gasteiger partial charge in [0, 0.05) is 11.6 Å². The lowest BCUT2D eigenvalue weighted by molar-refractivity contribution is -0.121. The topological polar surface area (TPSA) is 101 Å². The predicted molar refractivity (Wildman–Crippen MR) is 139 cm³/mol. The van der Waals surface area contributed by atoms with Crippen LogP contribution < -0.4 is 5.32 Å². The Kier molecular flexibility index (Phi) is 7.59. The van der Waals surface area contributed by atoms with Gasteiger partial charge in [-0.3, -0.25) is 9.78 Å². The summed E-state index contributed by atoms with van der Waals surface area (Å²) in [4.78, 5) is 17.7. The van der Waals surface area contributed by atoms with Crippen molar-refractivity contribution in [2.45, 2.75) is 73.0 Å². The van der Waals surface area contributed by atoms with Gasteiger partial charge < -0.3 is 19.4 Å². The van der Waals surface area contributed by atoms with Gasteiger partial charge in [-0.25, -0.2) is 0 Å². The number of aliphatic hydroxyl groups excluding tert-OH is 1. The zero-order valence-electron chi connectivity index (χ0n) is 21.9. The van der Waals surface area contributed by atoms with E-state index in [1.165, 1.54) is 0 Å². The van der Waals surface area contributed by atoms with Crippen LogP contribution in [0.2, 0.25) is 0 Å². The Morgan fingerprint density at radius 2 is 1.86 bits per heavy atom. The number of furan rings is 1. The fourth-order valence-corrected chi connectivity index (χ4v) is 4.68. The molecule has 0 spiro atoms. The molecule has 36 heavy (non-hydrogen) atoms. The molecule has 7 nitrogen and oxygen atoms in total. The molecule has 0 saturated carbocycles. The number of aromatic nitrogens is 2. The minimum Gasteiger partial charge on any atom is -0.458 e. The lowest BCUT2D eigenvalue weighted by Gasteiger charge is -2.21. The summed E-state index contributed by atoms with van der Waals surface area (Å²) in [5.41, 5.74) is 5.89. The first kappa shape index (κ1) is 25.6. The molecule has 1 amide bonds. The molecule has 0 aliphatic heterocycles. The molecule has 190 valence electrons. The molecule has 0 bridgehead atoms. The van der Waals surface area contributed by atoms with Gasteiger partial charge in [-0.1, -0.05) is 31.1 Å². The number of fused-ring (bicyclic) bond motifs is 1. The number of benzene rings is 1. The highest BCUT2D eigenvalue weighted by Gasteiger charge is 2.24. The third-order valence-electron chi connectivity index (χ3n) is 6.55. The zero-order valence-corrected chi connectivity index (χ0v) is 21.9. The number of aliphatic hydroxyl groups is 1. The van der Waals surface area contributed by atoms with E-state index in [1.807, 2.05) is 38.2 Å². The summed E-state index contributed by atoms with van der Waals surface area (Å²) in [6, 6.07) is 9.44. The van der Waals surface area contributed by atoms with E-state index in [4.69, 9.17) is 8.94 Å². The second kappa shape index (κ2) is 10.7. The second-order valence-electron chi connectivity index (χ2n) is 10.1. The third kappa shape index (κ3) is 5.68. The number of amides is 1. The number of pyridine rings is 1. The van der Waals surface area contributed by atoms with Crippen LogP contribution in [0.4, 0.5) is 0 Å². The van der Waals surface area contributed by atoms with Crippen LogP contribution in [0, 0.1) is 33.6 Å². The first-order chi connectivity index (χ1) is 17.1. The van der Waals surface area contributed by atoms with Crippen LogP contribution in [-0.2, 0) is 11.2 Å². The monoisotopic (exact) mass is 489 g/mol. The summed E-state index contributed by atoms with van der Waals surface area (Å²) < 4.78 is 11.1. The molecule has 0 aliphatic rings. The first-order valence-corrected chi connectivity index (χ1v) is 12.5. The van der Waals surface area contributed by atoms with Crippen LogP contribution in [0.1, 0.15) is 84.0 Å². The average Bonchev–Trinajstić information content (AvgIpc) is 3.38. The van der Waals surface area contributed by atoms with Crippen LogP contribution >= 0.6 is 0 Å². The minimum atomic E-state index is -0.970. The van der Waals surface area contributed by atoms with Gasteiger partial charge >= 0.3 is 0 Å². The van der Waals surface area contributed by atoms with Crippen LogP contribution in [-0.4, -0.2) is 21.2 Å². The lowest BCUT2D eigenvalue weighted by Crippen LogP contribution is -2.31. The van der Waals surface area contributed by atoms with Crippen molar-refractivity contribution in [2.75, 3.05) is 0 Å². The van der Waals surface area contributed by atoms with Crippen LogP contribution in [0.25, 0.3) is 11.0 Å². The fourth-order valence-electron chi connectivity index (χ4n) is 4.68. The number of hydrogen-bond acceptors (Lipinski definition) is 6. The normalized spacial score (nSPS) is 13.3. The van der Waals surface area contributed by atoms with Crippen LogP contribution in [0.3, 0.4) is 0 Å². The van der Waals surface area contributed by atoms with Gasteiger partial charge in [-0.2, -0.15) is 0 Å². The molecule has 0 fully saturated rings. The highest BCUT2D eigenvalue weighted by molar-refractivity contribution is 5.83. The molecule has 1 aromatic carbocycles.